The van der Waals surface area contributed by atoms with E-state index in [-0.39, 0.29) is 32.3 Å². The molecule has 0 aliphatic heterocycles. The molecule has 2 N–H and O–H groups in total. The van der Waals surface area contributed by atoms with Gasteiger partial charge in [0.05, 0.1) is 21.0 Å². The predicted octanol–water partition coefficient (Wildman–Crippen LogP) is 3.70. The Morgan fingerprint density at radius 3 is 1.38 bits per heavy atom. The molecule has 12 heteroatoms. The Balaban J connectivity index is 2.41. The lowest BCUT2D eigenvalue weighted by atomic mass is 10.2. The van der Waals surface area contributed by atoms with E-state index in [1.807, 2.05) is 0 Å². The number of non-ortho nitro benzene ring substituents is 2. The molecule has 0 heterocycles. The van der Waals surface area contributed by atoms with Crippen molar-refractivity contribution in [3.63, 3.8) is 0 Å². The lowest BCUT2D eigenvalue weighted by molar-refractivity contribution is -0.385. The molecule has 0 aromatic heterocycles. The molecule has 0 bridgehead atoms. The number of carboxylic acids is 2. The SMILES string of the molecule is O=C(O)c1ccc([N+](=O)[O-])cc1SSc1cc([N+](=O)[O-])ccc1C(=O)O. The normalized spacial score (nSPS) is 10.3. The van der Waals surface area contributed by atoms with Crippen molar-refractivity contribution in [3.8, 4) is 0 Å². The Kier molecular flexibility index (Phi) is 5.79. The van der Waals surface area contributed by atoms with Crippen molar-refractivity contribution in [2.24, 2.45) is 0 Å². The van der Waals surface area contributed by atoms with Crippen LogP contribution in [-0.2, 0) is 0 Å². The van der Waals surface area contributed by atoms with Crippen molar-refractivity contribution in [2.75, 3.05) is 0 Å². The third kappa shape index (κ3) is 4.29. The van der Waals surface area contributed by atoms with Crippen molar-refractivity contribution in [1.82, 2.24) is 0 Å². The van der Waals surface area contributed by atoms with Crippen LogP contribution in [0.25, 0.3) is 0 Å². The smallest absolute Gasteiger partial charge is 0.336 e. The van der Waals surface area contributed by atoms with E-state index in [1.165, 1.54) is 0 Å². The van der Waals surface area contributed by atoms with Crippen LogP contribution in [0.5, 0.6) is 0 Å². The summed E-state index contributed by atoms with van der Waals surface area (Å²) in [5.41, 5.74) is -1.10. The van der Waals surface area contributed by atoms with Crippen molar-refractivity contribution in [3.05, 3.63) is 67.8 Å². The van der Waals surface area contributed by atoms with Gasteiger partial charge >= 0.3 is 11.9 Å². The number of carboxylic acid groups (broad SMARTS) is 2. The molecular weight excluding hydrogens is 388 g/mol. The molecule has 0 amide bonds. The number of carbonyl (C=O) groups is 2. The first-order valence-corrected chi connectivity index (χ1v) is 8.73. The summed E-state index contributed by atoms with van der Waals surface area (Å²) in [5.74, 6) is -2.64. The van der Waals surface area contributed by atoms with Gasteiger partial charge < -0.3 is 10.2 Å². The van der Waals surface area contributed by atoms with Crippen LogP contribution in [0.4, 0.5) is 11.4 Å². The fourth-order valence-electron chi connectivity index (χ4n) is 1.83. The van der Waals surface area contributed by atoms with E-state index in [0.29, 0.717) is 0 Å². The number of nitro benzene ring substituents is 2. The van der Waals surface area contributed by atoms with Crippen LogP contribution in [0.2, 0.25) is 0 Å². The van der Waals surface area contributed by atoms with Crippen LogP contribution in [0, 0.1) is 20.2 Å². The third-order valence-electron chi connectivity index (χ3n) is 3.03. The maximum atomic E-state index is 11.3. The minimum absolute atomic E-state index is 0.0135. The van der Waals surface area contributed by atoms with Crippen LogP contribution in [0.1, 0.15) is 20.7 Å². The van der Waals surface area contributed by atoms with Gasteiger partial charge in [0.1, 0.15) is 0 Å². The van der Waals surface area contributed by atoms with Gasteiger partial charge in [-0.2, -0.15) is 0 Å². The highest BCUT2D eigenvalue weighted by molar-refractivity contribution is 8.76. The quantitative estimate of drug-likeness (QED) is 0.401. The first-order chi connectivity index (χ1) is 12.2. The molecule has 0 spiro atoms. The van der Waals surface area contributed by atoms with E-state index in [0.717, 1.165) is 58.0 Å². The Labute approximate surface area is 152 Å². The monoisotopic (exact) mass is 396 g/mol. The lowest BCUT2D eigenvalue weighted by Gasteiger charge is -2.07. The number of aromatic carboxylic acids is 2. The van der Waals surface area contributed by atoms with Gasteiger partial charge in [-0.15, -0.1) is 0 Å². The molecular formula is C14H8N2O8S2. The van der Waals surface area contributed by atoms with Crippen LogP contribution in [0.3, 0.4) is 0 Å². The fraction of sp³-hybridized carbons (Fsp3) is 0. The van der Waals surface area contributed by atoms with Crippen LogP contribution in [0.15, 0.2) is 46.2 Å². The van der Waals surface area contributed by atoms with Crippen LogP contribution >= 0.6 is 21.6 Å². The molecule has 0 saturated heterocycles. The zero-order chi connectivity index (χ0) is 19.4. The van der Waals surface area contributed by atoms with Crippen molar-refractivity contribution in [1.29, 1.82) is 0 Å². The number of nitro groups is 2. The lowest BCUT2D eigenvalue weighted by Crippen LogP contribution is -2.01. The molecule has 0 atom stereocenters. The van der Waals surface area contributed by atoms with Crippen LogP contribution < -0.4 is 0 Å². The highest BCUT2D eigenvalue weighted by Gasteiger charge is 2.20. The largest absolute Gasteiger partial charge is 0.478 e. The standard InChI is InChI=1S/C14H8N2O8S2/c17-13(18)9-3-1-7(15(21)22)5-11(9)25-26-12-6-8(16(23)24)2-4-10(12)14(19)20/h1-6H,(H,17,18)(H,19,20). The maximum absolute atomic E-state index is 11.3. The van der Waals surface area contributed by atoms with Crippen molar-refractivity contribution < 1.29 is 29.6 Å². The molecule has 0 aliphatic rings. The summed E-state index contributed by atoms with van der Waals surface area (Å²) in [6.45, 7) is 0. The van der Waals surface area contributed by atoms with E-state index in [1.54, 1.807) is 0 Å². The first-order valence-electron chi connectivity index (χ1n) is 6.58. The second-order valence-corrected chi connectivity index (χ2v) is 6.87. The zero-order valence-corrected chi connectivity index (χ0v) is 14.2. The van der Waals surface area contributed by atoms with Gasteiger partial charge in [0.15, 0.2) is 0 Å². The van der Waals surface area contributed by atoms with Crippen molar-refractivity contribution >= 4 is 44.9 Å². The number of hydrogen-bond donors (Lipinski definition) is 2. The van der Waals surface area contributed by atoms with Gasteiger partial charge in [-0.05, 0) is 12.1 Å². The van der Waals surface area contributed by atoms with Gasteiger partial charge in [-0.3, -0.25) is 20.2 Å². The average molecular weight is 396 g/mol. The van der Waals surface area contributed by atoms with Crippen LogP contribution in [-0.4, -0.2) is 32.0 Å². The summed E-state index contributed by atoms with van der Waals surface area (Å²) < 4.78 is 0. The molecule has 2 rings (SSSR count). The molecule has 2 aromatic rings. The Bertz CT molecular complexity index is 856. The topological polar surface area (TPSA) is 161 Å². The number of rotatable bonds is 7. The molecule has 0 aliphatic carbocycles. The summed E-state index contributed by atoms with van der Waals surface area (Å²) in [4.78, 5) is 42.9. The van der Waals surface area contributed by atoms with E-state index >= 15 is 0 Å². The van der Waals surface area contributed by atoms with Gasteiger partial charge in [0, 0.05) is 34.1 Å². The van der Waals surface area contributed by atoms with Gasteiger partial charge in [-0.25, -0.2) is 9.59 Å². The van der Waals surface area contributed by atoms with Gasteiger partial charge in [0.2, 0.25) is 0 Å². The molecule has 26 heavy (non-hydrogen) atoms. The molecule has 0 fully saturated rings. The zero-order valence-electron chi connectivity index (χ0n) is 12.5. The average Bonchev–Trinajstić information content (AvgIpc) is 2.58. The molecule has 10 nitrogen and oxygen atoms in total. The highest BCUT2D eigenvalue weighted by atomic mass is 33.1. The number of hydrogen-bond acceptors (Lipinski definition) is 8. The summed E-state index contributed by atoms with van der Waals surface area (Å²) in [6.07, 6.45) is 0. The molecule has 0 radical (unpaired) electrons. The Hall–Kier alpha value is -3.12. The minimum atomic E-state index is -1.32. The predicted molar refractivity (Wildman–Crippen MR) is 91.8 cm³/mol. The number of benzene rings is 2. The second-order valence-electron chi connectivity index (χ2n) is 4.65. The van der Waals surface area contributed by atoms with Gasteiger partial charge in [-0.1, -0.05) is 21.6 Å². The number of nitrogens with zero attached hydrogens (tertiary/aromatic N) is 2. The highest BCUT2D eigenvalue weighted by Crippen LogP contribution is 2.42. The van der Waals surface area contributed by atoms with E-state index in [9.17, 15) is 40.0 Å². The third-order valence-corrected chi connectivity index (χ3v) is 5.48. The summed E-state index contributed by atoms with van der Waals surface area (Å²) in [6, 6.07) is 6.28. The Morgan fingerprint density at radius 2 is 1.12 bits per heavy atom. The summed E-state index contributed by atoms with van der Waals surface area (Å²) in [5, 5.41) is 40.1. The summed E-state index contributed by atoms with van der Waals surface area (Å²) in [7, 11) is 1.51. The van der Waals surface area contributed by atoms with Gasteiger partial charge in [0.25, 0.3) is 11.4 Å². The molecule has 2 aromatic carbocycles. The fourth-order valence-corrected chi connectivity index (χ4v) is 4.20. The maximum Gasteiger partial charge on any atom is 0.336 e. The molecule has 0 saturated carbocycles. The first kappa shape index (κ1) is 19.2. The Morgan fingerprint density at radius 1 is 0.769 bits per heavy atom. The summed E-state index contributed by atoms with van der Waals surface area (Å²) >= 11 is 0. The van der Waals surface area contributed by atoms with E-state index in [4.69, 9.17) is 0 Å². The van der Waals surface area contributed by atoms with E-state index < -0.39 is 21.8 Å². The minimum Gasteiger partial charge on any atom is -0.478 e. The second kappa shape index (κ2) is 7.84. The molecule has 0 unspecified atom stereocenters. The van der Waals surface area contributed by atoms with E-state index in [2.05, 4.69) is 0 Å². The molecule has 134 valence electrons. The van der Waals surface area contributed by atoms with Crippen molar-refractivity contribution in [2.45, 2.75) is 9.79 Å².